The standard InChI is InChI=1S/C17H23NO3S/c1-13-5-7-18(8-6-13)17(19)12-22-14-3-4-15-16(11-14)21-10-2-9-20-15/h3-4,11,13H,2,5-10,12H2,1H3. The Bertz CT molecular complexity index is 527. The van der Waals surface area contributed by atoms with E-state index in [9.17, 15) is 4.79 Å². The molecule has 5 heteroatoms. The zero-order chi connectivity index (χ0) is 15.4. The summed E-state index contributed by atoms with van der Waals surface area (Å²) in [5, 5.41) is 0. The Labute approximate surface area is 136 Å². The van der Waals surface area contributed by atoms with Crippen molar-refractivity contribution in [1.29, 1.82) is 0 Å². The van der Waals surface area contributed by atoms with Gasteiger partial charge < -0.3 is 14.4 Å². The van der Waals surface area contributed by atoms with Gasteiger partial charge in [0.25, 0.3) is 0 Å². The number of thioether (sulfide) groups is 1. The molecular weight excluding hydrogens is 298 g/mol. The van der Waals surface area contributed by atoms with E-state index in [-0.39, 0.29) is 5.91 Å². The molecule has 1 aromatic rings. The Hall–Kier alpha value is -1.36. The molecule has 1 amide bonds. The molecule has 0 N–H and O–H groups in total. The monoisotopic (exact) mass is 321 g/mol. The highest BCUT2D eigenvalue weighted by atomic mass is 32.2. The van der Waals surface area contributed by atoms with Crippen LogP contribution >= 0.6 is 11.8 Å². The van der Waals surface area contributed by atoms with Crippen LogP contribution in [0, 0.1) is 5.92 Å². The van der Waals surface area contributed by atoms with Crippen LogP contribution in [-0.2, 0) is 4.79 Å². The molecule has 0 radical (unpaired) electrons. The number of piperidine rings is 1. The summed E-state index contributed by atoms with van der Waals surface area (Å²) < 4.78 is 11.3. The fourth-order valence-electron chi connectivity index (χ4n) is 2.73. The summed E-state index contributed by atoms with van der Waals surface area (Å²) >= 11 is 1.58. The number of hydrogen-bond donors (Lipinski definition) is 0. The average Bonchev–Trinajstić information content (AvgIpc) is 2.78. The number of carbonyl (C=O) groups excluding carboxylic acids is 1. The highest BCUT2D eigenvalue weighted by molar-refractivity contribution is 8.00. The second kappa shape index (κ2) is 7.27. The summed E-state index contributed by atoms with van der Waals surface area (Å²) in [6.45, 7) is 5.45. The summed E-state index contributed by atoms with van der Waals surface area (Å²) in [7, 11) is 0. The molecule has 1 aromatic carbocycles. The summed E-state index contributed by atoms with van der Waals surface area (Å²) in [6.07, 6.45) is 3.16. The summed E-state index contributed by atoms with van der Waals surface area (Å²) in [4.78, 5) is 15.3. The predicted octanol–water partition coefficient (Wildman–Crippen LogP) is 3.20. The van der Waals surface area contributed by atoms with Gasteiger partial charge in [-0.25, -0.2) is 0 Å². The maximum absolute atomic E-state index is 12.3. The zero-order valence-corrected chi connectivity index (χ0v) is 13.9. The van der Waals surface area contributed by atoms with Crippen LogP contribution in [0.3, 0.4) is 0 Å². The number of hydrogen-bond acceptors (Lipinski definition) is 4. The normalized spacial score (nSPS) is 18.9. The minimum atomic E-state index is 0.240. The van der Waals surface area contributed by atoms with E-state index in [1.165, 1.54) is 0 Å². The molecule has 0 spiro atoms. The van der Waals surface area contributed by atoms with Gasteiger partial charge in [0.1, 0.15) is 0 Å². The van der Waals surface area contributed by atoms with Gasteiger partial charge in [0.2, 0.25) is 5.91 Å². The molecule has 2 aliphatic rings. The molecule has 4 nitrogen and oxygen atoms in total. The number of benzene rings is 1. The second-order valence-corrected chi connectivity index (χ2v) is 7.06. The van der Waals surface area contributed by atoms with Crippen molar-refractivity contribution < 1.29 is 14.3 Å². The van der Waals surface area contributed by atoms with Gasteiger partial charge in [0.05, 0.1) is 19.0 Å². The van der Waals surface area contributed by atoms with Crippen molar-refractivity contribution in [3.8, 4) is 11.5 Å². The van der Waals surface area contributed by atoms with Gasteiger partial charge >= 0.3 is 0 Å². The largest absolute Gasteiger partial charge is 0.490 e. The fourth-order valence-corrected chi connectivity index (χ4v) is 3.56. The summed E-state index contributed by atoms with van der Waals surface area (Å²) in [6, 6.07) is 5.93. The first-order valence-electron chi connectivity index (χ1n) is 8.02. The lowest BCUT2D eigenvalue weighted by Gasteiger charge is -2.30. The molecule has 2 aliphatic heterocycles. The van der Waals surface area contributed by atoms with E-state index in [0.717, 1.165) is 54.7 Å². The molecule has 1 fully saturated rings. The van der Waals surface area contributed by atoms with E-state index in [1.807, 2.05) is 23.1 Å². The summed E-state index contributed by atoms with van der Waals surface area (Å²) in [5.41, 5.74) is 0. The van der Waals surface area contributed by atoms with E-state index < -0.39 is 0 Å². The van der Waals surface area contributed by atoms with Crippen LogP contribution in [0.4, 0.5) is 0 Å². The number of carbonyl (C=O) groups is 1. The van der Waals surface area contributed by atoms with Crippen molar-refractivity contribution in [2.75, 3.05) is 32.1 Å². The Balaban J connectivity index is 1.55. The minimum Gasteiger partial charge on any atom is -0.490 e. The molecule has 0 bridgehead atoms. The van der Waals surface area contributed by atoms with Gasteiger partial charge in [0, 0.05) is 24.4 Å². The number of ether oxygens (including phenoxy) is 2. The maximum atomic E-state index is 12.3. The Morgan fingerprint density at radius 1 is 1.23 bits per heavy atom. The maximum Gasteiger partial charge on any atom is 0.232 e. The van der Waals surface area contributed by atoms with Crippen LogP contribution in [0.15, 0.2) is 23.1 Å². The minimum absolute atomic E-state index is 0.240. The average molecular weight is 321 g/mol. The quantitative estimate of drug-likeness (QED) is 0.802. The SMILES string of the molecule is CC1CCN(C(=O)CSc2ccc3c(c2)OCCCO3)CC1. The second-order valence-electron chi connectivity index (χ2n) is 6.01. The third-order valence-electron chi connectivity index (χ3n) is 4.22. The van der Waals surface area contributed by atoms with Crippen LogP contribution in [-0.4, -0.2) is 42.9 Å². The van der Waals surface area contributed by atoms with Crippen LogP contribution in [0.25, 0.3) is 0 Å². The van der Waals surface area contributed by atoms with Gasteiger partial charge in [-0.1, -0.05) is 6.92 Å². The van der Waals surface area contributed by atoms with Crippen LogP contribution in [0.5, 0.6) is 11.5 Å². The molecule has 2 heterocycles. The molecule has 0 aliphatic carbocycles. The van der Waals surface area contributed by atoms with E-state index in [2.05, 4.69) is 6.92 Å². The molecule has 0 unspecified atom stereocenters. The van der Waals surface area contributed by atoms with E-state index in [0.29, 0.717) is 19.0 Å². The topological polar surface area (TPSA) is 38.8 Å². The number of fused-ring (bicyclic) bond motifs is 1. The first-order chi connectivity index (χ1) is 10.7. The number of amides is 1. The van der Waals surface area contributed by atoms with Gasteiger partial charge in [-0.2, -0.15) is 0 Å². The smallest absolute Gasteiger partial charge is 0.232 e. The Morgan fingerprint density at radius 2 is 1.95 bits per heavy atom. The third-order valence-corrected chi connectivity index (χ3v) is 5.20. The van der Waals surface area contributed by atoms with Crippen molar-refractivity contribution in [1.82, 2.24) is 4.90 Å². The molecule has 0 aromatic heterocycles. The first kappa shape index (κ1) is 15.5. The number of rotatable bonds is 3. The Kier molecular flexibility index (Phi) is 5.13. The van der Waals surface area contributed by atoms with Crippen molar-refractivity contribution in [2.24, 2.45) is 5.92 Å². The molecule has 1 saturated heterocycles. The first-order valence-corrected chi connectivity index (χ1v) is 9.01. The lowest BCUT2D eigenvalue weighted by atomic mass is 9.99. The lowest BCUT2D eigenvalue weighted by Crippen LogP contribution is -2.38. The number of likely N-dealkylation sites (tertiary alicyclic amines) is 1. The predicted molar refractivity (Wildman–Crippen MR) is 87.8 cm³/mol. The molecule has 0 saturated carbocycles. The molecule has 0 atom stereocenters. The van der Waals surface area contributed by atoms with Gasteiger partial charge in [-0.15, -0.1) is 11.8 Å². The van der Waals surface area contributed by atoms with E-state index >= 15 is 0 Å². The third kappa shape index (κ3) is 3.88. The molecule has 120 valence electrons. The lowest BCUT2D eigenvalue weighted by molar-refractivity contribution is -0.129. The van der Waals surface area contributed by atoms with Gasteiger partial charge in [-0.3, -0.25) is 4.79 Å². The van der Waals surface area contributed by atoms with Gasteiger partial charge in [-0.05, 0) is 37.0 Å². The van der Waals surface area contributed by atoms with Gasteiger partial charge in [0.15, 0.2) is 11.5 Å². The van der Waals surface area contributed by atoms with Crippen molar-refractivity contribution in [2.45, 2.75) is 31.1 Å². The number of nitrogens with zero attached hydrogens (tertiary/aromatic N) is 1. The summed E-state index contributed by atoms with van der Waals surface area (Å²) in [5.74, 6) is 3.08. The molecule has 22 heavy (non-hydrogen) atoms. The van der Waals surface area contributed by atoms with Crippen LogP contribution in [0.1, 0.15) is 26.2 Å². The van der Waals surface area contributed by atoms with Crippen molar-refractivity contribution in [3.63, 3.8) is 0 Å². The van der Waals surface area contributed by atoms with E-state index in [4.69, 9.17) is 9.47 Å². The highest BCUT2D eigenvalue weighted by Crippen LogP contribution is 2.34. The van der Waals surface area contributed by atoms with Crippen molar-refractivity contribution >= 4 is 17.7 Å². The fraction of sp³-hybridized carbons (Fsp3) is 0.588. The molecular formula is C17H23NO3S. The Morgan fingerprint density at radius 3 is 2.73 bits per heavy atom. The zero-order valence-electron chi connectivity index (χ0n) is 13.0. The van der Waals surface area contributed by atoms with Crippen LogP contribution in [0.2, 0.25) is 0 Å². The van der Waals surface area contributed by atoms with Crippen molar-refractivity contribution in [3.05, 3.63) is 18.2 Å². The van der Waals surface area contributed by atoms with Crippen LogP contribution < -0.4 is 9.47 Å². The molecule has 3 rings (SSSR count). The highest BCUT2D eigenvalue weighted by Gasteiger charge is 2.20. The van der Waals surface area contributed by atoms with E-state index in [1.54, 1.807) is 11.8 Å².